The van der Waals surface area contributed by atoms with E-state index in [2.05, 4.69) is 0 Å². The molecular weight excluding hydrogens is 186 g/mol. The third kappa shape index (κ3) is 1.82. The van der Waals surface area contributed by atoms with Gasteiger partial charge < -0.3 is 10.2 Å². The topological polar surface area (TPSA) is 83.6 Å². The minimum absolute atomic E-state index is 0.0116. The van der Waals surface area contributed by atoms with Crippen molar-refractivity contribution in [3.8, 4) is 5.75 Å². The van der Waals surface area contributed by atoms with Crippen LogP contribution in [0.2, 0.25) is 0 Å². The molecule has 0 radical (unpaired) electrons. The minimum Gasteiger partial charge on any atom is -0.508 e. The quantitative estimate of drug-likeness (QED) is 0.430. The van der Waals surface area contributed by atoms with Crippen LogP contribution in [-0.4, -0.2) is 15.1 Å². The molecule has 0 saturated carbocycles. The Morgan fingerprint density at radius 2 is 2.21 bits per heavy atom. The summed E-state index contributed by atoms with van der Waals surface area (Å²) in [6.07, 6.45) is 1.32. The third-order valence-electron chi connectivity index (χ3n) is 1.73. The van der Waals surface area contributed by atoms with Crippen molar-refractivity contribution in [2.75, 3.05) is 0 Å². The van der Waals surface area contributed by atoms with Gasteiger partial charge in [-0.1, -0.05) is 0 Å². The number of hydrogen-bond acceptors (Lipinski definition) is 4. The zero-order valence-electron chi connectivity index (χ0n) is 7.47. The molecule has 0 unspecified atom stereocenters. The first-order valence-corrected chi connectivity index (χ1v) is 3.89. The van der Waals surface area contributed by atoms with Gasteiger partial charge in [-0.15, -0.1) is 0 Å². The van der Waals surface area contributed by atoms with E-state index in [4.69, 9.17) is 5.11 Å². The molecule has 0 heterocycles. The first kappa shape index (κ1) is 10.0. The van der Waals surface area contributed by atoms with Crippen LogP contribution in [0.1, 0.15) is 12.5 Å². The van der Waals surface area contributed by atoms with Gasteiger partial charge in [-0.25, -0.2) is 0 Å². The summed E-state index contributed by atoms with van der Waals surface area (Å²) in [5.41, 5.74) is -0.226. The Morgan fingerprint density at radius 3 is 2.71 bits per heavy atom. The molecule has 1 aromatic carbocycles. The summed E-state index contributed by atoms with van der Waals surface area (Å²) in [6, 6.07) is 3.49. The lowest BCUT2D eigenvalue weighted by atomic mass is 10.1. The largest absolute Gasteiger partial charge is 0.508 e. The van der Waals surface area contributed by atoms with Crippen LogP contribution < -0.4 is 0 Å². The average molecular weight is 195 g/mol. The second-order valence-corrected chi connectivity index (χ2v) is 2.63. The standard InChI is InChI=1S/C9H9NO4/c1-2-9(12)7-5-6(11)3-4-8(7)10(13)14/h2-5,11-12H,1H3. The number of aliphatic hydroxyl groups excluding tert-OH is 1. The predicted molar refractivity (Wildman–Crippen MR) is 51.0 cm³/mol. The van der Waals surface area contributed by atoms with Crippen LogP contribution in [0.15, 0.2) is 24.3 Å². The van der Waals surface area contributed by atoms with Crippen molar-refractivity contribution >= 4 is 11.4 Å². The summed E-state index contributed by atoms with van der Waals surface area (Å²) in [6.45, 7) is 1.54. The fourth-order valence-electron chi connectivity index (χ4n) is 1.04. The lowest BCUT2D eigenvalue weighted by molar-refractivity contribution is -0.385. The number of allylic oxidation sites excluding steroid dienone is 1. The Balaban J connectivity index is 3.37. The Kier molecular flexibility index (Phi) is 2.71. The van der Waals surface area contributed by atoms with Gasteiger partial charge in [0.15, 0.2) is 0 Å². The van der Waals surface area contributed by atoms with E-state index in [1.807, 2.05) is 0 Å². The highest BCUT2D eigenvalue weighted by atomic mass is 16.6. The molecule has 0 amide bonds. The summed E-state index contributed by atoms with van der Waals surface area (Å²) in [4.78, 5) is 9.92. The van der Waals surface area contributed by atoms with Crippen molar-refractivity contribution in [1.29, 1.82) is 0 Å². The molecule has 0 fully saturated rings. The monoisotopic (exact) mass is 195 g/mol. The summed E-state index contributed by atoms with van der Waals surface area (Å²) < 4.78 is 0. The normalized spacial score (nSPS) is 11.4. The number of aromatic hydroxyl groups is 1. The second-order valence-electron chi connectivity index (χ2n) is 2.63. The molecule has 0 atom stereocenters. The average Bonchev–Trinajstić information content (AvgIpc) is 2.16. The minimum atomic E-state index is -0.617. The van der Waals surface area contributed by atoms with Gasteiger partial charge in [0.25, 0.3) is 5.69 Å². The SMILES string of the molecule is CC=C(O)c1cc(O)ccc1[N+](=O)[O-]. The van der Waals surface area contributed by atoms with E-state index in [0.717, 1.165) is 12.1 Å². The summed E-state index contributed by atoms with van der Waals surface area (Å²) in [7, 11) is 0. The highest BCUT2D eigenvalue weighted by Gasteiger charge is 2.16. The molecule has 1 rings (SSSR count). The van der Waals surface area contributed by atoms with Crippen molar-refractivity contribution in [2.24, 2.45) is 0 Å². The molecule has 14 heavy (non-hydrogen) atoms. The zero-order valence-corrected chi connectivity index (χ0v) is 7.47. The molecule has 2 N–H and O–H groups in total. The van der Waals surface area contributed by atoms with Crippen molar-refractivity contribution in [2.45, 2.75) is 6.92 Å². The van der Waals surface area contributed by atoms with Crippen LogP contribution in [0, 0.1) is 10.1 Å². The van der Waals surface area contributed by atoms with Crippen molar-refractivity contribution in [3.05, 3.63) is 40.0 Å². The van der Waals surface area contributed by atoms with Crippen LogP contribution in [-0.2, 0) is 0 Å². The van der Waals surface area contributed by atoms with Gasteiger partial charge in [0.1, 0.15) is 11.5 Å². The Bertz CT molecular complexity index is 398. The molecule has 1 aromatic rings. The molecule has 0 spiro atoms. The van der Waals surface area contributed by atoms with E-state index in [1.165, 1.54) is 12.1 Å². The number of hydrogen-bond donors (Lipinski definition) is 2. The molecule has 0 bridgehead atoms. The van der Waals surface area contributed by atoms with Gasteiger partial charge in [-0.3, -0.25) is 10.1 Å². The maximum Gasteiger partial charge on any atom is 0.280 e. The Labute approximate surface area is 80.1 Å². The zero-order chi connectivity index (χ0) is 10.7. The van der Waals surface area contributed by atoms with E-state index < -0.39 is 4.92 Å². The smallest absolute Gasteiger partial charge is 0.280 e. The molecular formula is C9H9NO4. The number of aliphatic hydroxyl groups is 1. The van der Waals surface area contributed by atoms with Crippen molar-refractivity contribution in [3.63, 3.8) is 0 Å². The number of nitro benzene ring substituents is 1. The Hall–Kier alpha value is -2.04. The molecule has 0 aliphatic carbocycles. The number of benzene rings is 1. The number of rotatable bonds is 2. The first-order valence-electron chi connectivity index (χ1n) is 3.89. The van der Waals surface area contributed by atoms with E-state index >= 15 is 0 Å². The van der Waals surface area contributed by atoms with Crippen LogP contribution in [0.3, 0.4) is 0 Å². The number of phenols is 1. The van der Waals surface area contributed by atoms with Gasteiger partial charge in [-0.2, -0.15) is 0 Å². The maximum absolute atomic E-state index is 10.5. The molecule has 0 aromatic heterocycles. The van der Waals surface area contributed by atoms with E-state index in [0.29, 0.717) is 0 Å². The number of nitro groups is 1. The van der Waals surface area contributed by atoms with Gasteiger partial charge in [0, 0.05) is 6.07 Å². The van der Waals surface area contributed by atoms with Gasteiger partial charge in [0.05, 0.1) is 10.5 Å². The van der Waals surface area contributed by atoms with E-state index in [-0.39, 0.29) is 22.8 Å². The maximum atomic E-state index is 10.5. The molecule has 5 heteroatoms. The molecule has 74 valence electrons. The fraction of sp³-hybridized carbons (Fsp3) is 0.111. The van der Waals surface area contributed by atoms with Crippen LogP contribution in [0.5, 0.6) is 5.75 Å². The highest BCUT2D eigenvalue weighted by Crippen LogP contribution is 2.27. The van der Waals surface area contributed by atoms with Crippen LogP contribution >= 0.6 is 0 Å². The number of phenolic OH excluding ortho intramolecular Hbond substituents is 1. The number of nitrogens with zero attached hydrogens (tertiary/aromatic N) is 1. The van der Waals surface area contributed by atoms with Crippen molar-refractivity contribution < 1.29 is 15.1 Å². The molecule has 0 aliphatic heterocycles. The van der Waals surface area contributed by atoms with Crippen molar-refractivity contribution in [1.82, 2.24) is 0 Å². The first-order chi connectivity index (χ1) is 6.56. The third-order valence-corrected chi connectivity index (χ3v) is 1.73. The fourth-order valence-corrected chi connectivity index (χ4v) is 1.04. The summed E-state index contributed by atoms with van der Waals surface area (Å²) in [5.74, 6) is -0.355. The Morgan fingerprint density at radius 1 is 1.57 bits per heavy atom. The van der Waals surface area contributed by atoms with Gasteiger partial charge in [-0.05, 0) is 25.1 Å². The second kappa shape index (κ2) is 3.78. The van der Waals surface area contributed by atoms with Gasteiger partial charge >= 0.3 is 0 Å². The van der Waals surface area contributed by atoms with Crippen LogP contribution in [0.4, 0.5) is 5.69 Å². The highest BCUT2D eigenvalue weighted by molar-refractivity contribution is 5.68. The van der Waals surface area contributed by atoms with Crippen LogP contribution in [0.25, 0.3) is 5.76 Å². The molecule has 5 nitrogen and oxygen atoms in total. The summed E-state index contributed by atoms with van der Waals surface area (Å²) >= 11 is 0. The predicted octanol–water partition coefficient (Wildman–Crippen LogP) is 2.22. The lowest BCUT2D eigenvalue weighted by Crippen LogP contribution is -1.94. The van der Waals surface area contributed by atoms with E-state index in [9.17, 15) is 15.2 Å². The molecule has 0 saturated heterocycles. The summed E-state index contributed by atoms with van der Waals surface area (Å²) in [5, 5.41) is 29.0. The van der Waals surface area contributed by atoms with E-state index in [1.54, 1.807) is 6.92 Å². The lowest BCUT2D eigenvalue weighted by Gasteiger charge is -2.01. The molecule has 0 aliphatic rings. The van der Waals surface area contributed by atoms with Gasteiger partial charge in [0.2, 0.25) is 0 Å².